The standard InChI is InChI=1S/C12H17NO4/c1-2-9(12(16)17)13-10(14)7-5-3-4-6-8(7)11(13)15/h7-9H,2-6H2,1H3,(H,16,17)/t7-,8-,9-/m0/s1. The summed E-state index contributed by atoms with van der Waals surface area (Å²) in [4.78, 5) is 36.3. The van der Waals surface area contributed by atoms with Crippen molar-refractivity contribution in [3.63, 3.8) is 0 Å². The van der Waals surface area contributed by atoms with E-state index >= 15 is 0 Å². The van der Waals surface area contributed by atoms with Crippen LogP contribution in [0.15, 0.2) is 0 Å². The molecule has 0 aromatic carbocycles. The van der Waals surface area contributed by atoms with Gasteiger partial charge in [-0.3, -0.25) is 14.5 Å². The third-order valence-electron chi connectivity index (χ3n) is 3.86. The van der Waals surface area contributed by atoms with Gasteiger partial charge in [-0.1, -0.05) is 19.8 Å². The van der Waals surface area contributed by atoms with Gasteiger partial charge in [-0.05, 0) is 19.3 Å². The molecule has 2 amide bonds. The number of carboxylic acid groups (broad SMARTS) is 1. The zero-order chi connectivity index (χ0) is 12.6. The van der Waals surface area contributed by atoms with E-state index in [1.54, 1.807) is 6.92 Å². The maximum Gasteiger partial charge on any atom is 0.326 e. The first kappa shape index (κ1) is 12.1. The number of carbonyl (C=O) groups excluding carboxylic acids is 2. The van der Waals surface area contributed by atoms with Gasteiger partial charge in [-0.25, -0.2) is 4.79 Å². The van der Waals surface area contributed by atoms with E-state index < -0.39 is 12.0 Å². The van der Waals surface area contributed by atoms with Gasteiger partial charge >= 0.3 is 5.97 Å². The molecular formula is C12H17NO4. The fourth-order valence-corrected chi connectivity index (χ4v) is 2.96. The van der Waals surface area contributed by atoms with Crippen molar-refractivity contribution in [2.75, 3.05) is 0 Å². The van der Waals surface area contributed by atoms with Crippen molar-refractivity contribution in [2.45, 2.75) is 45.1 Å². The molecule has 1 saturated carbocycles. The molecule has 1 heterocycles. The lowest BCUT2D eigenvalue weighted by molar-refractivity contribution is -0.155. The third-order valence-corrected chi connectivity index (χ3v) is 3.86. The summed E-state index contributed by atoms with van der Waals surface area (Å²) in [6.45, 7) is 1.68. The number of nitrogens with zero attached hydrogens (tertiary/aromatic N) is 1. The summed E-state index contributed by atoms with van der Waals surface area (Å²) < 4.78 is 0. The fourth-order valence-electron chi connectivity index (χ4n) is 2.96. The normalized spacial score (nSPS) is 30.3. The number of imide groups is 1. The second-order valence-corrected chi connectivity index (χ2v) is 4.81. The van der Waals surface area contributed by atoms with Crippen LogP contribution in [0, 0.1) is 11.8 Å². The Morgan fingerprint density at radius 2 is 1.76 bits per heavy atom. The fraction of sp³-hybridized carbons (Fsp3) is 0.750. The lowest BCUT2D eigenvalue weighted by atomic mass is 9.81. The average molecular weight is 239 g/mol. The maximum absolute atomic E-state index is 12.1. The first-order valence-electron chi connectivity index (χ1n) is 6.17. The molecule has 3 atom stereocenters. The van der Waals surface area contributed by atoms with Gasteiger partial charge in [-0.2, -0.15) is 0 Å². The Balaban J connectivity index is 2.26. The predicted octanol–water partition coefficient (Wildman–Crippen LogP) is 1.02. The van der Waals surface area contributed by atoms with Crippen LogP contribution in [0.25, 0.3) is 0 Å². The van der Waals surface area contributed by atoms with E-state index in [0.29, 0.717) is 0 Å². The Bertz CT molecular complexity index is 342. The van der Waals surface area contributed by atoms with Gasteiger partial charge < -0.3 is 5.11 Å². The minimum absolute atomic E-state index is 0.260. The largest absolute Gasteiger partial charge is 0.480 e. The first-order chi connectivity index (χ1) is 8.07. The summed E-state index contributed by atoms with van der Waals surface area (Å²) in [5, 5.41) is 9.06. The van der Waals surface area contributed by atoms with Crippen molar-refractivity contribution in [3.05, 3.63) is 0 Å². The molecule has 94 valence electrons. The van der Waals surface area contributed by atoms with Crippen molar-refractivity contribution in [2.24, 2.45) is 11.8 Å². The topological polar surface area (TPSA) is 74.7 Å². The number of amides is 2. The van der Waals surface area contributed by atoms with Crippen molar-refractivity contribution in [1.82, 2.24) is 4.90 Å². The smallest absolute Gasteiger partial charge is 0.326 e. The highest BCUT2D eigenvalue weighted by atomic mass is 16.4. The van der Waals surface area contributed by atoms with E-state index in [-0.39, 0.29) is 30.1 Å². The molecule has 1 aliphatic heterocycles. The van der Waals surface area contributed by atoms with Crippen molar-refractivity contribution < 1.29 is 19.5 Å². The minimum Gasteiger partial charge on any atom is -0.480 e. The van der Waals surface area contributed by atoms with E-state index in [9.17, 15) is 14.4 Å². The molecule has 1 N–H and O–H groups in total. The van der Waals surface area contributed by atoms with Crippen LogP contribution in [0.1, 0.15) is 39.0 Å². The second-order valence-electron chi connectivity index (χ2n) is 4.81. The van der Waals surface area contributed by atoms with Crippen LogP contribution in [-0.2, 0) is 14.4 Å². The molecule has 0 aromatic rings. The highest BCUT2D eigenvalue weighted by Gasteiger charge is 2.51. The van der Waals surface area contributed by atoms with E-state index in [1.807, 2.05) is 0 Å². The Morgan fingerprint density at radius 1 is 1.29 bits per heavy atom. The van der Waals surface area contributed by atoms with Gasteiger partial charge in [0.25, 0.3) is 0 Å². The Labute approximate surface area is 99.8 Å². The molecule has 1 aliphatic carbocycles. The molecule has 17 heavy (non-hydrogen) atoms. The van der Waals surface area contributed by atoms with Gasteiger partial charge in [0.05, 0.1) is 11.8 Å². The molecule has 2 rings (SSSR count). The van der Waals surface area contributed by atoms with Crippen LogP contribution in [-0.4, -0.2) is 33.8 Å². The minimum atomic E-state index is -1.09. The van der Waals surface area contributed by atoms with Gasteiger partial charge in [0.2, 0.25) is 11.8 Å². The molecule has 1 saturated heterocycles. The molecule has 0 aromatic heterocycles. The summed E-state index contributed by atoms with van der Waals surface area (Å²) in [6, 6.07) is -0.986. The molecular weight excluding hydrogens is 222 g/mol. The second kappa shape index (κ2) is 4.47. The molecule has 0 bridgehead atoms. The molecule has 5 nitrogen and oxygen atoms in total. The van der Waals surface area contributed by atoms with Gasteiger partial charge in [0.15, 0.2) is 0 Å². The van der Waals surface area contributed by atoms with E-state index in [4.69, 9.17) is 5.11 Å². The number of carboxylic acids is 1. The van der Waals surface area contributed by atoms with E-state index in [1.165, 1.54) is 0 Å². The van der Waals surface area contributed by atoms with Crippen LogP contribution >= 0.6 is 0 Å². The number of carbonyl (C=O) groups is 3. The van der Waals surface area contributed by atoms with Crippen LogP contribution < -0.4 is 0 Å². The zero-order valence-electron chi connectivity index (χ0n) is 9.89. The predicted molar refractivity (Wildman–Crippen MR) is 59.0 cm³/mol. The van der Waals surface area contributed by atoms with Crippen LogP contribution in [0.5, 0.6) is 0 Å². The van der Waals surface area contributed by atoms with Crippen molar-refractivity contribution in [1.29, 1.82) is 0 Å². The highest BCUT2D eigenvalue weighted by molar-refractivity contribution is 6.07. The number of fused-ring (bicyclic) bond motifs is 1. The number of hydrogen-bond acceptors (Lipinski definition) is 3. The number of aliphatic carboxylic acids is 1. The molecule has 0 radical (unpaired) electrons. The molecule has 0 spiro atoms. The van der Waals surface area contributed by atoms with Crippen molar-refractivity contribution >= 4 is 17.8 Å². The van der Waals surface area contributed by atoms with Gasteiger partial charge in [0.1, 0.15) is 6.04 Å². The number of hydrogen-bond donors (Lipinski definition) is 1. The van der Waals surface area contributed by atoms with Gasteiger partial charge in [-0.15, -0.1) is 0 Å². The lowest BCUT2D eigenvalue weighted by Crippen LogP contribution is -2.45. The number of rotatable bonds is 3. The Kier molecular flexibility index (Phi) is 3.17. The monoisotopic (exact) mass is 239 g/mol. The number of likely N-dealkylation sites (tertiary alicyclic amines) is 1. The summed E-state index contributed by atoms with van der Waals surface area (Å²) >= 11 is 0. The summed E-state index contributed by atoms with van der Waals surface area (Å²) in [6.07, 6.45) is 3.63. The van der Waals surface area contributed by atoms with Crippen LogP contribution in [0.4, 0.5) is 0 Å². The Hall–Kier alpha value is -1.39. The molecule has 5 heteroatoms. The molecule has 2 aliphatic rings. The third kappa shape index (κ3) is 1.83. The van der Waals surface area contributed by atoms with Gasteiger partial charge in [0, 0.05) is 0 Å². The maximum atomic E-state index is 12.1. The summed E-state index contributed by atoms with van der Waals surface area (Å²) in [5.41, 5.74) is 0. The summed E-state index contributed by atoms with van der Waals surface area (Å²) in [5.74, 6) is -2.15. The lowest BCUT2D eigenvalue weighted by Gasteiger charge is -2.21. The molecule has 0 unspecified atom stereocenters. The first-order valence-corrected chi connectivity index (χ1v) is 6.17. The van der Waals surface area contributed by atoms with Crippen molar-refractivity contribution in [3.8, 4) is 0 Å². The zero-order valence-corrected chi connectivity index (χ0v) is 9.89. The quantitative estimate of drug-likeness (QED) is 0.746. The SMILES string of the molecule is CC[C@@H](C(=O)O)N1C(=O)[C@H]2CCCC[C@@H]2C1=O. The van der Waals surface area contributed by atoms with Crippen LogP contribution in [0.3, 0.4) is 0 Å². The highest BCUT2D eigenvalue weighted by Crippen LogP contribution is 2.39. The van der Waals surface area contributed by atoms with E-state index in [2.05, 4.69) is 0 Å². The summed E-state index contributed by atoms with van der Waals surface area (Å²) in [7, 11) is 0. The average Bonchev–Trinajstić information content (AvgIpc) is 2.56. The Morgan fingerprint density at radius 3 is 2.12 bits per heavy atom. The molecule has 2 fully saturated rings. The van der Waals surface area contributed by atoms with E-state index in [0.717, 1.165) is 30.6 Å². The van der Waals surface area contributed by atoms with Crippen LogP contribution in [0.2, 0.25) is 0 Å².